The van der Waals surface area contributed by atoms with Gasteiger partial charge in [-0.1, -0.05) is 13.0 Å². The Bertz CT molecular complexity index is 398. The molecule has 2 rings (SSSR count). The third kappa shape index (κ3) is 3.26. The Labute approximate surface area is 111 Å². The van der Waals surface area contributed by atoms with Crippen molar-refractivity contribution in [2.45, 2.75) is 46.1 Å². The Morgan fingerprint density at radius 3 is 2.83 bits per heavy atom. The highest BCUT2D eigenvalue weighted by molar-refractivity contribution is 5.51. The first kappa shape index (κ1) is 13.4. The van der Waals surface area contributed by atoms with Crippen molar-refractivity contribution in [2.24, 2.45) is 11.7 Å². The van der Waals surface area contributed by atoms with Gasteiger partial charge in [-0.2, -0.15) is 0 Å². The fraction of sp³-hybridized carbons (Fsp3) is 0.625. The summed E-state index contributed by atoms with van der Waals surface area (Å²) in [6, 6.07) is 7.09. The van der Waals surface area contributed by atoms with Gasteiger partial charge >= 0.3 is 0 Å². The van der Waals surface area contributed by atoms with Crippen LogP contribution in [0.4, 0.5) is 5.69 Å². The van der Waals surface area contributed by atoms with Crippen molar-refractivity contribution in [1.82, 2.24) is 0 Å². The quantitative estimate of drug-likeness (QED) is 0.888. The monoisotopic (exact) mass is 246 g/mol. The Kier molecular flexibility index (Phi) is 4.28. The van der Waals surface area contributed by atoms with Crippen molar-refractivity contribution in [1.29, 1.82) is 0 Å². The number of rotatable bonds is 3. The van der Waals surface area contributed by atoms with Crippen LogP contribution in [0, 0.1) is 12.8 Å². The van der Waals surface area contributed by atoms with Crippen LogP contribution in [-0.4, -0.2) is 19.1 Å². The molecule has 0 bridgehead atoms. The van der Waals surface area contributed by atoms with E-state index in [2.05, 4.69) is 43.9 Å². The lowest BCUT2D eigenvalue weighted by Gasteiger charge is -2.33. The van der Waals surface area contributed by atoms with Gasteiger partial charge in [0.1, 0.15) is 0 Å². The molecule has 2 heteroatoms. The Hall–Kier alpha value is -1.02. The molecule has 1 aromatic rings. The molecule has 1 fully saturated rings. The molecule has 0 saturated carbocycles. The minimum absolute atomic E-state index is 0.240. The zero-order valence-electron chi connectivity index (χ0n) is 11.9. The maximum absolute atomic E-state index is 5.88. The van der Waals surface area contributed by atoms with Gasteiger partial charge in [-0.3, -0.25) is 0 Å². The highest BCUT2D eigenvalue weighted by Gasteiger charge is 2.17. The van der Waals surface area contributed by atoms with E-state index in [0.717, 1.165) is 12.3 Å². The van der Waals surface area contributed by atoms with Gasteiger partial charge in [0.25, 0.3) is 0 Å². The van der Waals surface area contributed by atoms with Crippen molar-refractivity contribution in [3.05, 3.63) is 29.3 Å². The smallest absolute Gasteiger partial charge is 0.0369 e. The summed E-state index contributed by atoms with van der Waals surface area (Å²) in [6.07, 6.45) is 3.67. The van der Waals surface area contributed by atoms with E-state index in [0.29, 0.717) is 0 Å². The van der Waals surface area contributed by atoms with E-state index in [1.165, 1.54) is 42.7 Å². The Morgan fingerprint density at radius 2 is 2.22 bits per heavy atom. The molecule has 1 aliphatic heterocycles. The fourth-order valence-electron chi connectivity index (χ4n) is 2.88. The highest BCUT2D eigenvalue weighted by atomic mass is 15.1. The maximum atomic E-state index is 5.88. The normalized spacial score (nSPS) is 22.0. The molecule has 1 aliphatic rings. The molecular formula is C16H26N2. The van der Waals surface area contributed by atoms with Gasteiger partial charge < -0.3 is 10.6 Å². The molecular weight excluding hydrogens is 220 g/mol. The first-order valence-corrected chi connectivity index (χ1v) is 7.16. The number of nitrogens with zero attached hydrogens (tertiary/aromatic N) is 1. The molecule has 0 aromatic heterocycles. The first-order chi connectivity index (χ1) is 8.56. The van der Waals surface area contributed by atoms with E-state index >= 15 is 0 Å². The van der Waals surface area contributed by atoms with Crippen LogP contribution in [0.2, 0.25) is 0 Å². The molecule has 100 valence electrons. The molecule has 0 amide bonds. The standard InChI is InChI=1S/C16H26N2/c1-12-5-4-8-18(11-12)16-7-6-15(10-14(3)17)13(2)9-16/h6-7,9,12,14H,4-5,8,10-11,17H2,1-3H3. The van der Waals surface area contributed by atoms with Gasteiger partial charge in [-0.05, 0) is 62.3 Å². The van der Waals surface area contributed by atoms with E-state index in [4.69, 9.17) is 5.73 Å². The second kappa shape index (κ2) is 5.75. The van der Waals surface area contributed by atoms with Gasteiger partial charge in [0, 0.05) is 24.8 Å². The number of anilines is 1. The third-order valence-electron chi connectivity index (χ3n) is 3.89. The minimum atomic E-state index is 0.240. The van der Waals surface area contributed by atoms with Crippen LogP contribution in [-0.2, 0) is 6.42 Å². The minimum Gasteiger partial charge on any atom is -0.371 e. The maximum Gasteiger partial charge on any atom is 0.0369 e. The van der Waals surface area contributed by atoms with E-state index < -0.39 is 0 Å². The van der Waals surface area contributed by atoms with Crippen molar-refractivity contribution in [2.75, 3.05) is 18.0 Å². The van der Waals surface area contributed by atoms with Gasteiger partial charge in [-0.25, -0.2) is 0 Å². The van der Waals surface area contributed by atoms with Crippen molar-refractivity contribution < 1.29 is 0 Å². The Balaban J connectivity index is 2.12. The third-order valence-corrected chi connectivity index (χ3v) is 3.89. The molecule has 1 saturated heterocycles. The molecule has 2 nitrogen and oxygen atoms in total. The van der Waals surface area contributed by atoms with E-state index in [9.17, 15) is 0 Å². The fourth-order valence-corrected chi connectivity index (χ4v) is 2.88. The van der Waals surface area contributed by atoms with Gasteiger partial charge in [-0.15, -0.1) is 0 Å². The number of aryl methyl sites for hydroxylation is 1. The summed E-state index contributed by atoms with van der Waals surface area (Å²) in [5.74, 6) is 0.822. The predicted octanol–water partition coefficient (Wildman–Crippen LogP) is 3.12. The van der Waals surface area contributed by atoms with Crippen molar-refractivity contribution in [3.8, 4) is 0 Å². The van der Waals surface area contributed by atoms with Crippen LogP contribution < -0.4 is 10.6 Å². The average molecular weight is 246 g/mol. The summed E-state index contributed by atoms with van der Waals surface area (Å²) in [4.78, 5) is 2.52. The zero-order valence-corrected chi connectivity index (χ0v) is 11.9. The van der Waals surface area contributed by atoms with Crippen molar-refractivity contribution in [3.63, 3.8) is 0 Å². The number of hydrogen-bond acceptors (Lipinski definition) is 2. The van der Waals surface area contributed by atoms with Gasteiger partial charge in [0.15, 0.2) is 0 Å². The molecule has 2 N–H and O–H groups in total. The lowest BCUT2D eigenvalue weighted by molar-refractivity contribution is 0.447. The summed E-state index contributed by atoms with van der Waals surface area (Å²) in [7, 11) is 0. The van der Waals surface area contributed by atoms with Gasteiger partial charge in [0.2, 0.25) is 0 Å². The van der Waals surface area contributed by atoms with E-state index in [-0.39, 0.29) is 6.04 Å². The summed E-state index contributed by atoms with van der Waals surface area (Å²) >= 11 is 0. The van der Waals surface area contributed by atoms with E-state index in [1.54, 1.807) is 0 Å². The van der Waals surface area contributed by atoms with Crippen molar-refractivity contribution >= 4 is 5.69 Å². The number of piperidine rings is 1. The SMILES string of the molecule is Cc1cc(N2CCCC(C)C2)ccc1CC(C)N. The molecule has 18 heavy (non-hydrogen) atoms. The number of nitrogens with two attached hydrogens (primary N) is 1. The first-order valence-electron chi connectivity index (χ1n) is 7.16. The molecule has 1 heterocycles. The molecule has 0 spiro atoms. The van der Waals surface area contributed by atoms with Crippen LogP contribution in [0.25, 0.3) is 0 Å². The van der Waals surface area contributed by atoms with Gasteiger partial charge in [0.05, 0.1) is 0 Å². The average Bonchev–Trinajstić information content (AvgIpc) is 2.31. The molecule has 0 aliphatic carbocycles. The zero-order chi connectivity index (χ0) is 13.1. The van der Waals surface area contributed by atoms with E-state index in [1.807, 2.05) is 0 Å². The lowest BCUT2D eigenvalue weighted by Crippen LogP contribution is -2.34. The largest absolute Gasteiger partial charge is 0.371 e. The second-order valence-electron chi connectivity index (χ2n) is 5.99. The van der Waals surface area contributed by atoms with Crippen LogP contribution >= 0.6 is 0 Å². The summed E-state index contributed by atoms with van der Waals surface area (Å²) in [5, 5.41) is 0. The van der Waals surface area contributed by atoms with Crippen LogP contribution in [0.1, 0.15) is 37.8 Å². The van der Waals surface area contributed by atoms with Crippen LogP contribution in [0.5, 0.6) is 0 Å². The Morgan fingerprint density at radius 1 is 1.44 bits per heavy atom. The lowest BCUT2D eigenvalue weighted by atomic mass is 9.98. The molecule has 2 atom stereocenters. The molecule has 1 aromatic carbocycles. The highest BCUT2D eigenvalue weighted by Crippen LogP contribution is 2.25. The topological polar surface area (TPSA) is 29.3 Å². The molecule has 0 radical (unpaired) electrons. The van der Waals surface area contributed by atoms with Crippen LogP contribution in [0.15, 0.2) is 18.2 Å². The second-order valence-corrected chi connectivity index (χ2v) is 5.99. The van der Waals surface area contributed by atoms with Crippen LogP contribution in [0.3, 0.4) is 0 Å². The summed E-state index contributed by atoms with van der Waals surface area (Å²) < 4.78 is 0. The summed E-state index contributed by atoms with van der Waals surface area (Å²) in [6.45, 7) is 9.03. The number of hydrogen-bond donors (Lipinski definition) is 1. The summed E-state index contributed by atoms with van der Waals surface area (Å²) in [5.41, 5.74) is 10.0. The molecule has 2 unspecified atom stereocenters. The predicted molar refractivity (Wildman–Crippen MR) is 79.1 cm³/mol. The number of benzene rings is 1.